The van der Waals surface area contributed by atoms with Gasteiger partial charge in [0.25, 0.3) is 5.91 Å². The third-order valence-electron chi connectivity index (χ3n) is 4.84. The molecule has 0 aliphatic carbocycles. The van der Waals surface area contributed by atoms with Crippen molar-refractivity contribution in [3.05, 3.63) is 52.2 Å². The molecule has 2 saturated heterocycles. The van der Waals surface area contributed by atoms with Gasteiger partial charge in [-0.05, 0) is 36.9 Å². The summed E-state index contributed by atoms with van der Waals surface area (Å²) in [6, 6.07) is 9.76. The summed E-state index contributed by atoms with van der Waals surface area (Å²) in [5.41, 5.74) is 2.82. The normalized spacial score (nSPS) is 23.4. The van der Waals surface area contributed by atoms with Crippen LogP contribution >= 0.6 is 11.3 Å². The van der Waals surface area contributed by atoms with Crippen LogP contribution in [0.15, 0.2) is 41.1 Å². The van der Waals surface area contributed by atoms with E-state index in [4.69, 9.17) is 0 Å². The van der Waals surface area contributed by atoms with Gasteiger partial charge in [0.2, 0.25) is 5.91 Å². The van der Waals surface area contributed by atoms with E-state index in [-0.39, 0.29) is 23.9 Å². The Morgan fingerprint density at radius 1 is 1.17 bits per heavy atom. The van der Waals surface area contributed by atoms with E-state index in [0.717, 1.165) is 24.2 Å². The van der Waals surface area contributed by atoms with Crippen LogP contribution in [-0.4, -0.2) is 35.3 Å². The highest BCUT2D eigenvalue weighted by Crippen LogP contribution is 2.37. The maximum absolute atomic E-state index is 12.8. The number of benzene rings is 1. The van der Waals surface area contributed by atoms with Crippen LogP contribution in [0.3, 0.4) is 0 Å². The van der Waals surface area contributed by atoms with Crippen molar-refractivity contribution in [1.82, 2.24) is 4.90 Å². The minimum atomic E-state index is -0.00352. The van der Waals surface area contributed by atoms with E-state index in [9.17, 15) is 9.59 Å². The first-order valence-electron chi connectivity index (χ1n) is 7.87. The van der Waals surface area contributed by atoms with Gasteiger partial charge in [-0.2, -0.15) is 11.3 Å². The number of anilines is 1. The van der Waals surface area contributed by atoms with E-state index in [0.29, 0.717) is 12.0 Å². The summed E-state index contributed by atoms with van der Waals surface area (Å²) in [6.07, 6.45) is 1.28. The average Bonchev–Trinajstić information content (AvgIpc) is 3.24. The van der Waals surface area contributed by atoms with Crippen molar-refractivity contribution in [1.29, 1.82) is 0 Å². The minimum absolute atomic E-state index is 0.00352. The number of nitrogens with zero attached hydrogens (tertiary/aromatic N) is 2. The summed E-state index contributed by atoms with van der Waals surface area (Å²) in [7, 11) is 0. The van der Waals surface area contributed by atoms with Gasteiger partial charge in [-0.25, -0.2) is 0 Å². The van der Waals surface area contributed by atoms with Crippen LogP contribution in [-0.2, 0) is 4.79 Å². The Balaban J connectivity index is 1.58. The van der Waals surface area contributed by atoms with E-state index >= 15 is 0 Å². The van der Waals surface area contributed by atoms with Crippen LogP contribution < -0.4 is 4.90 Å². The molecule has 2 aromatic rings. The largest absolute Gasteiger partial charge is 0.333 e. The van der Waals surface area contributed by atoms with E-state index in [1.54, 1.807) is 11.3 Å². The van der Waals surface area contributed by atoms with Crippen LogP contribution in [0.5, 0.6) is 0 Å². The summed E-state index contributed by atoms with van der Waals surface area (Å²) < 4.78 is 0. The number of hydrogen-bond donors (Lipinski definition) is 0. The second kappa shape index (κ2) is 5.49. The molecule has 0 saturated carbocycles. The fourth-order valence-electron chi connectivity index (χ4n) is 3.69. The fourth-order valence-corrected chi connectivity index (χ4v) is 4.32. The predicted octanol–water partition coefficient (Wildman–Crippen LogP) is 3.08. The maximum atomic E-state index is 12.8. The Labute approximate surface area is 139 Å². The zero-order valence-electron chi connectivity index (χ0n) is 12.9. The lowest BCUT2D eigenvalue weighted by molar-refractivity contribution is -0.117. The number of carbonyl (C=O) groups excluding carboxylic acids is 2. The van der Waals surface area contributed by atoms with Gasteiger partial charge in [0, 0.05) is 23.9 Å². The summed E-state index contributed by atoms with van der Waals surface area (Å²) >= 11 is 1.59. The summed E-state index contributed by atoms with van der Waals surface area (Å²) in [6.45, 7) is 2.73. The zero-order chi connectivity index (χ0) is 16.0. The number of amides is 2. The summed E-state index contributed by atoms with van der Waals surface area (Å²) in [4.78, 5) is 29.0. The van der Waals surface area contributed by atoms with Crippen LogP contribution in [0.4, 0.5) is 5.69 Å². The molecule has 2 fully saturated rings. The van der Waals surface area contributed by atoms with E-state index in [1.165, 1.54) is 0 Å². The monoisotopic (exact) mass is 326 g/mol. The smallest absolute Gasteiger partial charge is 0.254 e. The molecule has 5 heteroatoms. The Morgan fingerprint density at radius 2 is 1.96 bits per heavy atom. The molecule has 1 aromatic carbocycles. The Bertz CT molecular complexity index is 739. The molecule has 0 bridgehead atoms. The van der Waals surface area contributed by atoms with Gasteiger partial charge < -0.3 is 9.80 Å². The van der Waals surface area contributed by atoms with Gasteiger partial charge in [-0.15, -0.1) is 0 Å². The molecule has 2 atom stereocenters. The van der Waals surface area contributed by atoms with Crippen LogP contribution in [0.25, 0.3) is 0 Å². The Kier molecular flexibility index (Phi) is 3.45. The van der Waals surface area contributed by atoms with Crippen molar-refractivity contribution in [3.63, 3.8) is 0 Å². The van der Waals surface area contributed by atoms with Crippen molar-refractivity contribution in [2.75, 3.05) is 11.4 Å². The SMILES string of the molecule is Cc1ccc(C(=O)N2CC[C@@H]3[C@@H]2CC(=O)N3c2ccsc2)cc1. The van der Waals surface area contributed by atoms with E-state index in [1.807, 2.05) is 57.8 Å². The second-order valence-corrected chi connectivity index (χ2v) is 7.02. The van der Waals surface area contributed by atoms with E-state index in [2.05, 4.69) is 0 Å². The highest BCUT2D eigenvalue weighted by molar-refractivity contribution is 7.08. The minimum Gasteiger partial charge on any atom is -0.333 e. The van der Waals surface area contributed by atoms with Crippen LogP contribution in [0.1, 0.15) is 28.8 Å². The van der Waals surface area contributed by atoms with Crippen LogP contribution in [0.2, 0.25) is 0 Å². The molecule has 1 aromatic heterocycles. The van der Waals surface area contributed by atoms with Crippen molar-refractivity contribution in [2.24, 2.45) is 0 Å². The first-order chi connectivity index (χ1) is 11.1. The molecule has 2 amide bonds. The first kappa shape index (κ1) is 14.5. The third kappa shape index (κ3) is 2.36. The summed E-state index contributed by atoms with van der Waals surface area (Å²) in [5, 5.41) is 3.99. The standard InChI is InChI=1S/C18H18N2O2S/c1-12-2-4-13(5-3-12)18(22)19-8-6-15-16(19)10-17(21)20(15)14-7-9-23-11-14/h2-5,7,9,11,15-16H,6,8,10H2,1H3/t15-,16+/m1/s1. The Morgan fingerprint density at radius 3 is 2.65 bits per heavy atom. The van der Waals surface area contributed by atoms with Gasteiger partial charge in [0.1, 0.15) is 0 Å². The number of hydrogen-bond acceptors (Lipinski definition) is 3. The molecule has 0 unspecified atom stereocenters. The number of likely N-dealkylation sites (tertiary alicyclic amines) is 1. The molecule has 2 aliphatic heterocycles. The van der Waals surface area contributed by atoms with Crippen molar-refractivity contribution in [2.45, 2.75) is 31.8 Å². The van der Waals surface area contributed by atoms with Gasteiger partial charge >= 0.3 is 0 Å². The van der Waals surface area contributed by atoms with Gasteiger partial charge in [-0.1, -0.05) is 17.7 Å². The highest BCUT2D eigenvalue weighted by Gasteiger charge is 2.48. The molecular formula is C18H18N2O2S. The molecule has 2 aliphatic rings. The number of fused-ring (bicyclic) bond motifs is 1. The highest BCUT2D eigenvalue weighted by atomic mass is 32.1. The second-order valence-electron chi connectivity index (χ2n) is 6.24. The molecule has 3 heterocycles. The molecular weight excluding hydrogens is 308 g/mol. The van der Waals surface area contributed by atoms with Gasteiger partial charge in [0.15, 0.2) is 0 Å². The first-order valence-corrected chi connectivity index (χ1v) is 8.81. The molecule has 0 spiro atoms. The average molecular weight is 326 g/mol. The lowest BCUT2D eigenvalue weighted by Crippen LogP contribution is -2.39. The van der Waals surface area contributed by atoms with Crippen molar-refractivity contribution in [3.8, 4) is 0 Å². The predicted molar refractivity (Wildman–Crippen MR) is 90.8 cm³/mol. The number of rotatable bonds is 2. The van der Waals surface area contributed by atoms with Crippen LogP contribution in [0, 0.1) is 6.92 Å². The molecule has 4 nitrogen and oxygen atoms in total. The summed E-state index contributed by atoms with van der Waals surface area (Å²) in [5.74, 6) is 0.164. The Hall–Kier alpha value is -2.14. The molecule has 118 valence electrons. The molecule has 0 N–H and O–H groups in total. The van der Waals surface area contributed by atoms with Gasteiger partial charge in [-0.3, -0.25) is 9.59 Å². The van der Waals surface area contributed by atoms with Gasteiger partial charge in [0.05, 0.1) is 17.8 Å². The van der Waals surface area contributed by atoms with Crippen molar-refractivity contribution < 1.29 is 9.59 Å². The number of aryl methyl sites for hydroxylation is 1. The number of carbonyl (C=O) groups is 2. The number of thiophene rings is 1. The molecule has 23 heavy (non-hydrogen) atoms. The van der Waals surface area contributed by atoms with Crippen molar-refractivity contribution >= 4 is 28.8 Å². The maximum Gasteiger partial charge on any atom is 0.254 e. The zero-order valence-corrected chi connectivity index (χ0v) is 13.8. The third-order valence-corrected chi connectivity index (χ3v) is 5.51. The molecule has 0 radical (unpaired) electrons. The quantitative estimate of drug-likeness (QED) is 0.851. The lowest BCUT2D eigenvalue weighted by Gasteiger charge is -2.25. The fraction of sp³-hybridized carbons (Fsp3) is 0.333. The lowest BCUT2D eigenvalue weighted by atomic mass is 10.1. The molecule has 4 rings (SSSR count). The topological polar surface area (TPSA) is 40.6 Å². The van der Waals surface area contributed by atoms with E-state index < -0.39 is 0 Å².